The van der Waals surface area contributed by atoms with Gasteiger partial charge in [0, 0.05) is 0 Å². The molecule has 0 aromatic heterocycles. The van der Waals surface area contributed by atoms with Crippen molar-refractivity contribution in [2.75, 3.05) is 370 Å². The highest BCUT2D eigenvalue weighted by Gasteiger charge is 2.46. The summed E-state index contributed by atoms with van der Waals surface area (Å²) in [6.45, 7) is 64.6. The van der Waals surface area contributed by atoms with Gasteiger partial charge >= 0.3 is 38.0 Å². The van der Waals surface area contributed by atoms with E-state index in [9.17, 15) is 48.4 Å². The second-order valence-electron chi connectivity index (χ2n) is 42.9. The molecule has 5 N–H and O–H groups in total. The van der Waals surface area contributed by atoms with Crippen molar-refractivity contribution in [2.45, 2.75) is 185 Å². The van der Waals surface area contributed by atoms with E-state index in [1.165, 1.54) is 0 Å². The van der Waals surface area contributed by atoms with E-state index in [2.05, 4.69) is 154 Å². The minimum atomic E-state index is -3.34. The Kier molecular flexibility index (Phi) is 60.0. The van der Waals surface area contributed by atoms with Gasteiger partial charge in [0.05, 0.1) is 231 Å². The van der Waals surface area contributed by atoms with Crippen LogP contribution in [0.5, 0.6) is 0 Å². The number of nitrogens with zero attached hydrogens (tertiary/aromatic N) is 10. The molecule has 0 heterocycles. The van der Waals surface area contributed by atoms with Crippen LogP contribution in [-0.2, 0) is 68.1 Å². The van der Waals surface area contributed by atoms with Crippen molar-refractivity contribution in [1.82, 2.24) is 0 Å². The molecule has 0 aromatic rings. The lowest BCUT2D eigenvalue weighted by atomic mass is 10.3. The zero-order valence-electron chi connectivity index (χ0n) is 84.4. The molecule has 0 fully saturated rings. The van der Waals surface area contributed by atoms with Gasteiger partial charge in [-0.3, -0.25) is 22.8 Å². The molecule has 0 saturated carbocycles. The highest BCUT2D eigenvalue weighted by atomic mass is 31.2. The first-order valence-corrected chi connectivity index (χ1v) is 51.5. The molecular weight excluding hydrogens is 1610 g/mol. The van der Waals surface area contributed by atoms with Crippen LogP contribution in [0.15, 0.2) is 0 Å². The fourth-order valence-electron chi connectivity index (χ4n) is 11.3. The lowest BCUT2D eigenvalue weighted by Crippen LogP contribution is -2.55. The van der Waals surface area contributed by atoms with Gasteiger partial charge in [-0.15, -0.1) is 0 Å². The number of likely N-dealkylation sites (N-methyl/N-ethyl adjacent to an activating group) is 8. The maximum absolute atomic E-state index is 13.3. The molecule has 0 aliphatic rings. The first-order valence-electron chi connectivity index (χ1n) is 43.8. The van der Waals surface area contributed by atoms with E-state index in [1.807, 2.05) is 125 Å². The van der Waals surface area contributed by atoms with Gasteiger partial charge in [-0.2, -0.15) is 0 Å². The highest BCUT2D eigenvalue weighted by Crippen LogP contribution is 2.63. The lowest BCUT2D eigenvalue weighted by molar-refractivity contribution is -0.929. The zero-order valence-corrected chi connectivity index (χ0v) is 88.9. The van der Waals surface area contributed by atoms with Crippen molar-refractivity contribution in [3.8, 4) is 0 Å². The Labute approximate surface area is 727 Å². The van der Waals surface area contributed by atoms with Gasteiger partial charge in [0.25, 0.3) is 0 Å². The summed E-state index contributed by atoms with van der Waals surface area (Å²) in [7, 11) is 21.4. The standard InChI is InChI=1S/C18H43N2O5P.C17H41N2O6P.2C17H41N2O3P.C14H35N2O3P/c1-8-9-20(10-14-21,11-15-22)13-17-25-26(23,18(2,3)4)24-16-12-19(5,6)7;1-17(2,3)26(23,24-15-10-18(4,5)6)25-16-11-19(7-12-20,8-13-21)9-14-22;2*1-10-19(11-2,12-3)14-16-22-23(20,17(4,5)6)21-15-13-18(7,8)9;1-14(2,3)20(17,18-12-10-15(4,5)6)19-13-11-16(7,8)9/h21-22H,8-17H2,1-7H3;20-22H,7-16H2,1-6H3;2*10-16H2,1-9H3;10-13H2,1-9H3/q5*+2. The second-order valence-corrected chi connectivity index (χ2v) is 57.1. The molecule has 4 atom stereocenters. The number of aliphatic hydroxyl groups is 5. The number of aliphatic hydroxyl groups excluding tert-OH is 5. The van der Waals surface area contributed by atoms with Gasteiger partial charge in [0.15, 0.2) is 0 Å². The third-order valence-electron chi connectivity index (χ3n) is 21.2. The van der Waals surface area contributed by atoms with Crippen LogP contribution < -0.4 is 0 Å². The van der Waals surface area contributed by atoms with E-state index in [-0.39, 0.29) is 46.2 Å². The van der Waals surface area contributed by atoms with Crippen molar-refractivity contribution in [1.29, 1.82) is 0 Å². The molecule has 35 heteroatoms. The van der Waals surface area contributed by atoms with Crippen molar-refractivity contribution in [3.05, 3.63) is 0 Å². The van der Waals surface area contributed by atoms with Crippen molar-refractivity contribution in [2.24, 2.45) is 0 Å². The van der Waals surface area contributed by atoms with Crippen LogP contribution in [0.25, 0.3) is 0 Å². The molecule has 4 unspecified atom stereocenters. The zero-order chi connectivity index (χ0) is 93.9. The monoisotopic (exact) mass is 1810 g/mol. The number of hydrogen-bond donors (Lipinski definition) is 5. The molecule has 0 rings (SSSR count). The van der Waals surface area contributed by atoms with Crippen LogP contribution in [-0.4, -0.2) is 466 Å². The molecule has 118 heavy (non-hydrogen) atoms. The van der Waals surface area contributed by atoms with Crippen molar-refractivity contribution >= 4 is 38.0 Å². The SMILES string of the molecule is CC(C)(C)P(=O)(OCC[N+](C)(C)C)OCC[N+](C)(C)C.CC(C)(C)P(=O)(OCC[N+](C)(C)C)OCC[N+](CCO)(CCO)CCO.CCC[N+](CCO)(CCO)CCOP(=O)(OCC[N+](C)(C)C)C(C)(C)C.CC[N+](CC)(CC)CCOP(=O)(OCC[N+](C)(C)C)C(C)(C)C.CC[N+](CC)(CC)CCOP(=O)(OCC[N+](C)(C)C)C(C)(C)C. The number of hydrogen-bond acceptors (Lipinski definition) is 20. The van der Waals surface area contributed by atoms with Crippen LogP contribution in [0.4, 0.5) is 0 Å². The molecule has 0 aliphatic heterocycles. The minimum absolute atomic E-state index is 0.0525. The third-order valence-corrected chi connectivity index (χ3v) is 34.6. The fourth-order valence-corrected chi connectivity index (χ4v) is 18.8. The van der Waals surface area contributed by atoms with Gasteiger partial charge in [0.1, 0.15) is 164 Å². The Bertz CT molecular complexity index is 2610. The predicted octanol–water partition coefficient (Wildman–Crippen LogP) is 12.1. The molecule has 30 nitrogen and oxygen atoms in total. The molecule has 0 saturated heterocycles. The molecule has 0 aliphatic carbocycles. The summed E-state index contributed by atoms with van der Waals surface area (Å²) in [6.07, 6.45) is 0.941. The van der Waals surface area contributed by atoms with Crippen LogP contribution in [0.1, 0.15) is 159 Å². The summed E-state index contributed by atoms with van der Waals surface area (Å²) >= 11 is 0. The van der Waals surface area contributed by atoms with Crippen LogP contribution in [0, 0.1) is 0 Å². The van der Waals surface area contributed by atoms with Crippen LogP contribution >= 0.6 is 38.0 Å². The van der Waals surface area contributed by atoms with Crippen LogP contribution in [0.2, 0.25) is 0 Å². The average molecular weight is 1810 g/mol. The van der Waals surface area contributed by atoms with Crippen molar-refractivity contribution < 1.29 is 138 Å². The van der Waals surface area contributed by atoms with E-state index < -0.39 is 63.8 Å². The van der Waals surface area contributed by atoms with E-state index >= 15 is 0 Å². The Balaban J connectivity index is -0.000000452. The molecule has 0 amide bonds. The normalized spacial score (nSPS) is 15.9. The second kappa shape index (κ2) is 55.9. The first kappa shape index (κ1) is 127. The third kappa shape index (κ3) is 55.1. The first-order chi connectivity index (χ1) is 53.0. The van der Waals surface area contributed by atoms with Gasteiger partial charge in [-0.05, 0) is 152 Å². The average Bonchev–Trinajstić information content (AvgIpc) is 0.831. The lowest BCUT2D eigenvalue weighted by Gasteiger charge is -2.38. The topological polar surface area (TPSA) is 279 Å². The quantitative estimate of drug-likeness (QED) is 0.0279. The summed E-state index contributed by atoms with van der Waals surface area (Å²) < 4.78 is 131. The fraction of sp³-hybridized carbons (Fsp3) is 1.00. The summed E-state index contributed by atoms with van der Waals surface area (Å²) in [6, 6.07) is 0. The molecule has 0 aromatic carbocycles. The summed E-state index contributed by atoms with van der Waals surface area (Å²) in [5.74, 6) is 0. The Morgan fingerprint density at radius 1 is 0.195 bits per heavy atom. The Morgan fingerprint density at radius 2 is 0.314 bits per heavy atom. The van der Waals surface area contributed by atoms with Gasteiger partial charge in [0.2, 0.25) is 0 Å². The largest absolute Gasteiger partial charge is 0.391 e. The molecular formula is C83H201N10O20P5+10. The highest BCUT2D eigenvalue weighted by molar-refractivity contribution is 7.56. The predicted molar refractivity (Wildman–Crippen MR) is 492 cm³/mol. The molecule has 0 bridgehead atoms. The Hall–Kier alpha value is 0.150. The van der Waals surface area contributed by atoms with Crippen LogP contribution in [0.3, 0.4) is 0 Å². The van der Waals surface area contributed by atoms with Gasteiger partial charge in [-0.25, -0.2) is 0 Å². The van der Waals surface area contributed by atoms with Crippen molar-refractivity contribution in [3.63, 3.8) is 0 Å². The number of quaternary nitrogens is 10. The number of rotatable bonds is 58. The maximum atomic E-state index is 13.3. The minimum Gasteiger partial charge on any atom is -0.391 e. The summed E-state index contributed by atoms with van der Waals surface area (Å²) in [5, 5.41) is 44.1. The van der Waals surface area contributed by atoms with E-state index in [0.29, 0.717) is 119 Å². The molecule has 0 spiro atoms. The molecule has 0 radical (unpaired) electrons. The Morgan fingerprint density at radius 3 is 0.415 bits per heavy atom. The van der Waals surface area contributed by atoms with Gasteiger partial charge < -0.3 is 116 Å². The maximum Gasteiger partial charge on any atom is 0.336 e. The van der Waals surface area contributed by atoms with E-state index in [1.54, 1.807) is 0 Å². The molecule has 718 valence electrons. The summed E-state index contributed by atoms with van der Waals surface area (Å²) in [4.78, 5) is 0. The van der Waals surface area contributed by atoms with Gasteiger partial charge in [-0.1, -0.05) is 6.92 Å². The summed E-state index contributed by atoms with van der Waals surface area (Å²) in [5.41, 5.74) is 0. The van der Waals surface area contributed by atoms with E-state index in [4.69, 9.17) is 45.2 Å². The smallest absolute Gasteiger partial charge is 0.336 e. The van der Waals surface area contributed by atoms with E-state index in [0.717, 1.165) is 129 Å².